The fraction of sp³-hybridized carbons (Fsp3) is 0.462. The summed E-state index contributed by atoms with van der Waals surface area (Å²) in [6, 6.07) is 6.57. The topological polar surface area (TPSA) is 83.5 Å². The van der Waals surface area contributed by atoms with E-state index in [-0.39, 0.29) is 23.1 Å². The predicted octanol–water partition coefficient (Wildman–Crippen LogP) is 2.15. The van der Waals surface area contributed by atoms with Gasteiger partial charge in [0.05, 0.1) is 16.3 Å². The van der Waals surface area contributed by atoms with Gasteiger partial charge in [-0.25, -0.2) is 8.42 Å². The van der Waals surface area contributed by atoms with E-state index >= 15 is 0 Å². The number of para-hydroxylation sites is 1. The van der Waals surface area contributed by atoms with Crippen molar-refractivity contribution in [1.82, 2.24) is 0 Å². The molecule has 0 bridgehead atoms. The van der Waals surface area contributed by atoms with E-state index in [2.05, 4.69) is 5.32 Å². The molecular weight excluding hydrogens is 266 g/mol. The maximum Gasteiger partial charge on any atom is 0.303 e. The first kappa shape index (κ1) is 15.5. The van der Waals surface area contributed by atoms with Gasteiger partial charge >= 0.3 is 5.97 Å². The summed E-state index contributed by atoms with van der Waals surface area (Å²) in [6.45, 7) is 3.43. The Morgan fingerprint density at radius 1 is 1.37 bits per heavy atom. The second kappa shape index (κ2) is 6.56. The minimum atomic E-state index is -3.28. The van der Waals surface area contributed by atoms with E-state index in [1.54, 1.807) is 31.2 Å². The van der Waals surface area contributed by atoms with Crippen molar-refractivity contribution >= 4 is 21.5 Å². The highest BCUT2D eigenvalue weighted by Crippen LogP contribution is 2.23. The van der Waals surface area contributed by atoms with Crippen molar-refractivity contribution in [3.05, 3.63) is 24.3 Å². The van der Waals surface area contributed by atoms with Gasteiger partial charge in [0, 0.05) is 12.5 Å². The molecule has 19 heavy (non-hydrogen) atoms. The van der Waals surface area contributed by atoms with E-state index < -0.39 is 15.8 Å². The van der Waals surface area contributed by atoms with Crippen LogP contribution in [0.3, 0.4) is 0 Å². The maximum absolute atomic E-state index is 11.9. The van der Waals surface area contributed by atoms with Crippen LogP contribution in [0.4, 0.5) is 5.69 Å². The molecule has 0 fully saturated rings. The summed E-state index contributed by atoms with van der Waals surface area (Å²) in [5.41, 5.74) is 0.530. The molecule has 0 saturated heterocycles. The summed E-state index contributed by atoms with van der Waals surface area (Å²) in [6.07, 6.45) is 0.493. The molecule has 0 aromatic heterocycles. The maximum atomic E-state index is 11.9. The van der Waals surface area contributed by atoms with Crippen LogP contribution in [0.15, 0.2) is 29.2 Å². The first-order chi connectivity index (χ1) is 8.86. The largest absolute Gasteiger partial charge is 0.481 e. The lowest BCUT2D eigenvalue weighted by Gasteiger charge is -2.17. The molecule has 0 aliphatic carbocycles. The molecule has 0 aliphatic rings. The lowest BCUT2D eigenvalue weighted by atomic mass is 10.1. The summed E-state index contributed by atoms with van der Waals surface area (Å²) in [5.74, 6) is -0.821. The van der Waals surface area contributed by atoms with Gasteiger partial charge < -0.3 is 10.4 Å². The van der Waals surface area contributed by atoms with Crippen LogP contribution in [0, 0.1) is 0 Å². The summed E-state index contributed by atoms with van der Waals surface area (Å²) in [4.78, 5) is 10.8. The van der Waals surface area contributed by atoms with Crippen LogP contribution in [-0.4, -0.2) is 31.3 Å². The quantitative estimate of drug-likeness (QED) is 0.802. The number of nitrogens with one attached hydrogen (secondary N) is 1. The molecule has 6 heteroatoms. The molecule has 1 unspecified atom stereocenters. The van der Waals surface area contributed by atoms with Gasteiger partial charge in [-0.3, -0.25) is 4.79 Å². The van der Waals surface area contributed by atoms with Crippen molar-refractivity contribution in [2.24, 2.45) is 0 Å². The van der Waals surface area contributed by atoms with E-state index in [0.717, 1.165) is 0 Å². The van der Waals surface area contributed by atoms with E-state index in [9.17, 15) is 13.2 Å². The van der Waals surface area contributed by atoms with E-state index in [1.165, 1.54) is 0 Å². The lowest BCUT2D eigenvalue weighted by molar-refractivity contribution is -0.137. The van der Waals surface area contributed by atoms with E-state index in [1.807, 2.05) is 6.92 Å². The van der Waals surface area contributed by atoms with Crippen LogP contribution < -0.4 is 5.32 Å². The van der Waals surface area contributed by atoms with Crippen LogP contribution in [0.5, 0.6) is 0 Å². The highest BCUT2D eigenvalue weighted by atomic mass is 32.2. The number of hydrogen-bond acceptors (Lipinski definition) is 4. The average Bonchev–Trinajstić information content (AvgIpc) is 2.37. The number of anilines is 1. The summed E-state index contributed by atoms with van der Waals surface area (Å²) in [7, 11) is -3.28. The predicted molar refractivity (Wildman–Crippen MR) is 74.1 cm³/mol. The third-order valence-corrected chi connectivity index (χ3v) is 4.58. The lowest BCUT2D eigenvalue weighted by Crippen LogP contribution is -2.18. The van der Waals surface area contributed by atoms with Crippen molar-refractivity contribution in [3.63, 3.8) is 0 Å². The summed E-state index contributed by atoms with van der Waals surface area (Å²) < 4.78 is 23.9. The molecule has 0 radical (unpaired) electrons. The first-order valence-electron chi connectivity index (χ1n) is 6.17. The number of carboxylic acid groups (broad SMARTS) is 1. The Hall–Kier alpha value is -1.56. The van der Waals surface area contributed by atoms with Gasteiger partial charge in [-0.2, -0.15) is 0 Å². The van der Waals surface area contributed by atoms with Gasteiger partial charge in [0.2, 0.25) is 0 Å². The number of rotatable bonds is 7. The Kier molecular flexibility index (Phi) is 5.35. The third-order valence-electron chi connectivity index (χ3n) is 2.80. The molecule has 0 aliphatic heterocycles. The van der Waals surface area contributed by atoms with Crippen molar-refractivity contribution in [3.8, 4) is 0 Å². The first-order valence-corrected chi connectivity index (χ1v) is 7.82. The Bertz CT molecular complexity index is 539. The standard InChI is InChI=1S/C13H19NO4S/c1-3-19(17,18)12-7-5-4-6-11(12)14-10(2)8-9-13(15)16/h4-7,10,14H,3,8-9H2,1-2H3,(H,15,16). The van der Waals surface area contributed by atoms with Crippen molar-refractivity contribution in [2.45, 2.75) is 37.6 Å². The number of sulfone groups is 1. The zero-order valence-corrected chi connectivity index (χ0v) is 11.9. The average molecular weight is 285 g/mol. The zero-order chi connectivity index (χ0) is 14.5. The molecule has 0 spiro atoms. The molecule has 1 rings (SSSR count). The highest BCUT2D eigenvalue weighted by molar-refractivity contribution is 7.91. The molecule has 2 N–H and O–H groups in total. The molecule has 106 valence electrons. The minimum Gasteiger partial charge on any atom is -0.481 e. The van der Waals surface area contributed by atoms with E-state index in [4.69, 9.17) is 5.11 Å². The van der Waals surface area contributed by atoms with Crippen LogP contribution in [0.2, 0.25) is 0 Å². The number of carbonyl (C=O) groups is 1. The number of aliphatic carboxylic acids is 1. The molecule has 0 saturated carbocycles. The Labute approximate surface area is 113 Å². The third kappa shape index (κ3) is 4.55. The van der Waals surface area contributed by atoms with Gasteiger partial charge in [-0.15, -0.1) is 0 Å². The monoisotopic (exact) mass is 285 g/mol. The van der Waals surface area contributed by atoms with Crippen LogP contribution in [0.25, 0.3) is 0 Å². The highest BCUT2D eigenvalue weighted by Gasteiger charge is 2.17. The SMILES string of the molecule is CCS(=O)(=O)c1ccccc1NC(C)CCC(=O)O. The van der Waals surface area contributed by atoms with Crippen molar-refractivity contribution < 1.29 is 18.3 Å². The fourth-order valence-corrected chi connectivity index (χ4v) is 2.75. The van der Waals surface area contributed by atoms with Crippen molar-refractivity contribution in [1.29, 1.82) is 0 Å². The van der Waals surface area contributed by atoms with Crippen LogP contribution in [-0.2, 0) is 14.6 Å². The number of benzene rings is 1. The second-order valence-corrected chi connectivity index (χ2v) is 6.62. The second-order valence-electron chi connectivity index (χ2n) is 4.38. The molecule has 5 nitrogen and oxygen atoms in total. The summed E-state index contributed by atoms with van der Waals surface area (Å²) in [5, 5.41) is 11.7. The molecule has 1 aromatic rings. The van der Waals surface area contributed by atoms with Gasteiger partial charge in [0.25, 0.3) is 0 Å². The smallest absolute Gasteiger partial charge is 0.303 e. The number of hydrogen-bond donors (Lipinski definition) is 2. The Balaban J connectivity index is 2.87. The molecular formula is C13H19NO4S. The van der Waals surface area contributed by atoms with Crippen LogP contribution >= 0.6 is 0 Å². The fourth-order valence-electron chi connectivity index (χ4n) is 1.69. The number of carboxylic acids is 1. The van der Waals surface area contributed by atoms with E-state index in [0.29, 0.717) is 12.1 Å². The minimum absolute atomic E-state index is 0.0369. The van der Waals surface area contributed by atoms with Gasteiger partial charge in [-0.1, -0.05) is 19.1 Å². The van der Waals surface area contributed by atoms with Gasteiger partial charge in [0.1, 0.15) is 0 Å². The molecule has 0 heterocycles. The van der Waals surface area contributed by atoms with Crippen LogP contribution in [0.1, 0.15) is 26.7 Å². The molecule has 0 amide bonds. The summed E-state index contributed by atoms with van der Waals surface area (Å²) >= 11 is 0. The molecule has 1 atom stereocenters. The Morgan fingerprint density at radius 3 is 2.58 bits per heavy atom. The van der Waals surface area contributed by atoms with Gasteiger partial charge in [-0.05, 0) is 25.5 Å². The van der Waals surface area contributed by atoms with Crippen molar-refractivity contribution in [2.75, 3.05) is 11.1 Å². The zero-order valence-electron chi connectivity index (χ0n) is 11.1. The normalized spacial score (nSPS) is 12.9. The Morgan fingerprint density at radius 2 is 2.00 bits per heavy atom. The molecule has 1 aromatic carbocycles. The van der Waals surface area contributed by atoms with Gasteiger partial charge in [0.15, 0.2) is 9.84 Å².